The normalized spacial score (nSPS) is 26.1. The predicted molar refractivity (Wildman–Crippen MR) is 70.2 cm³/mol. The zero-order valence-corrected chi connectivity index (χ0v) is 11.5. The van der Waals surface area contributed by atoms with E-state index in [2.05, 4.69) is 18.7 Å². The number of hydrogen-bond acceptors (Lipinski definition) is 3. The minimum Gasteiger partial charge on any atom is -0.341 e. The average Bonchev–Trinajstić information content (AvgIpc) is 2.78. The second-order valence-electron chi connectivity index (χ2n) is 5.95. The Hall–Kier alpha value is -0.900. The summed E-state index contributed by atoms with van der Waals surface area (Å²) in [6.45, 7) is 8.39. The number of ketones is 1. The van der Waals surface area contributed by atoms with Gasteiger partial charge in [0, 0.05) is 32.5 Å². The number of carbonyl (C=O) groups is 2. The van der Waals surface area contributed by atoms with Gasteiger partial charge in [0.05, 0.1) is 6.54 Å². The number of piperidine rings is 1. The predicted octanol–water partition coefficient (Wildman–Crippen LogP) is 1.16. The van der Waals surface area contributed by atoms with Gasteiger partial charge in [-0.1, -0.05) is 13.8 Å². The zero-order chi connectivity index (χ0) is 13.1. The zero-order valence-electron chi connectivity index (χ0n) is 11.5. The Labute approximate surface area is 109 Å². The first kappa shape index (κ1) is 13.5. The van der Waals surface area contributed by atoms with Crippen LogP contribution in [0.5, 0.6) is 0 Å². The molecular weight excluding hydrogens is 228 g/mol. The van der Waals surface area contributed by atoms with Crippen LogP contribution >= 0.6 is 0 Å². The van der Waals surface area contributed by atoms with Crippen LogP contribution in [0.3, 0.4) is 0 Å². The van der Waals surface area contributed by atoms with E-state index in [1.54, 1.807) is 0 Å². The van der Waals surface area contributed by atoms with E-state index in [9.17, 15) is 9.59 Å². The van der Waals surface area contributed by atoms with Crippen LogP contribution in [-0.4, -0.2) is 54.2 Å². The summed E-state index contributed by atoms with van der Waals surface area (Å²) in [5.74, 6) is 1.94. The van der Waals surface area contributed by atoms with Crippen molar-refractivity contribution in [2.24, 2.45) is 11.8 Å². The van der Waals surface area contributed by atoms with Crippen molar-refractivity contribution in [3.63, 3.8) is 0 Å². The van der Waals surface area contributed by atoms with E-state index in [-0.39, 0.29) is 5.91 Å². The highest BCUT2D eigenvalue weighted by atomic mass is 16.2. The van der Waals surface area contributed by atoms with E-state index >= 15 is 0 Å². The number of amides is 1. The van der Waals surface area contributed by atoms with E-state index in [0.29, 0.717) is 44.2 Å². The Bertz CT molecular complexity index is 318. The summed E-state index contributed by atoms with van der Waals surface area (Å²) in [5, 5.41) is 0. The molecule has 4 heteroatoms. The van der Waals surface area contributed by atoms with Crippen molar-refractivity contribution < 1.29 is 9.59 Å². The first-order valence-corrected chi connectivity index (χ1v) is 7.08. The highest BCUT2D eigenvalue weighted by Crippen LogP contribution is 2.23. The Balaban J connectivity index is 1.76. The minimum atomic E-state index is 0.201. The fraction of sp³-hybridized carbons (Fsp3) is 0.857. The molecule has 0 aromatic carbocycles. The molecule has 2 aliphatic rings. The second-order valence-corrected chi connectivity index (χ2v) is 5.95. The first-order chi connectivity index (χ1) is 8.56. The van der Waals surface area contributed by atoms with Crippen LogP contribution < -0.4 is 0 Å². The van der Waals surface area contributed by atoms with Crippen LogP contribution in [0.2, 0.25) is 0 Å². The fourth-order valence-electron chi connectivity index (χ4n) is 2.85. The third kappa shape index (κ3) is 3.31. The van der Waals surface area contributed by atoms with Crippen LogP contribution in [0.4, 0.5) is 0 Å². The van der Waals surface area contributed by atoms with Crippen LogP contribution in [0.1, 0.15) is 33.1 Å². The van der Waals surface area contributed by atoms with Crippen molar-refractivity contribution in [1.29, 1.82) is 0 Å². The number of hydrogen-bond donors (Lipinski definition) is 0. The lowest BCUT2D eigenvalue weighted by molar-refractivity contribution is -0.135. The number of Topliss-reactive ketones (excluding diaryl/α,β-unsaturated/α-hetero) is 1. The van der Waals surface area contributed by atoms with Gasteiger partial charge in [-0.05, 0) is 24.8 Å². The van der Waals surface area contributed by atoms with E-state index in [1.165, 1.54) is 6.42 Å². The highest BCUT2D eigenvalue weighted by molar-refractivity contribution is 5.84. The van der Waals surface area contributed by atoms with Gasteiger partial charge in [0.25, 0.3) is 0 Å². The monoisotopic (exact) mass is 252 g/mol. The second kappa shape index (κ2) is 5.83. The minimum absolute atomic E-state index is 0.201. The van der Waals surface area contributed by atoms with Gasteiger partial charge >= 0.3 is 0 Å². The molecular formula is C14H24N2O2. The van der Waals surface area contributed by atoms with E-state index in [4.69, 9.17) is 0 Å². The molecule has 0 bridgehead atoms. The van der Waals surface area contributed by atoms with Gasteiger partial charge in [0.15, 0.2) is 0 Å². The van der Waals surface area contributed by atoms with Gasteiger partial charge in [0.1, 0.15) is 5.78 Å². The van der Waals surface area contributed by atoms with Gasteiger partial charge in [0.2, 0.25) is 5.91 Å². The SMILES string of the molecule is CC(C)C1CCN(CC(=O)N2CCC(=O)CC2)C1. The summed E-state index contributed by atoms with van der Waals surface area (Å²) in [4.78, 5) is 27.4. The van der Waals surface area contributed by atoms with Crippen molar-refractivity contribution in [2.75, 3.05) is 32.7 Å². The molecule has 1 amide bonds. The van der Waals surface area contributed by atoms with Crippen LogP contribution in [0, 0.1) is 11.8 Å². The molecule has 0 N–H and O–H groups in total. The molecule has 18 heavy (non-hydrogen) atoms. The molecule has 0 saturated carbocycles. The Morgan fingerprint density at radius 1 is 1.28 bits per heavy atom. The fourth-order valence-corrected chi connectivity index (χ4v) is 2.85. The highest BCUT2D eigenvalue weighted by Gasteiger charge is 2.28. The number of carbonyl (C=O) groups excluding carboxylic acids is 2. The molecule has 2 heterocycles. The average molecular weight is 252 g/mol. The molecule has 102 valence electrons. The van der Waals surface area contributed by atoms with Crippen LogP contribution in [-0.2, 0) is 9.59 Å². The van der Waals surface area contributed by atoms with Gasteiger partial charge in [-0.2, -0.15) is 0 Å². The summed E-state index contributed by atoms with van der Waals surface area (Å²) in [7, 11) is 0. The summed E-state index contributed by atoms with van der Waals surface area (Å²) in [5.41, 5.74) is 0. The number of rotatable bonds is 3. The van der Waals surface area contributed by atoms with Crippen molar-refractivity contribution in [1.82, 2.24) is 9.80 Å². The molecule has 0 aromatic heterocycles. The molecule has 2 aliphatic heterocycles. The Morgan fingerprint density at radius 2 is 1.94 bits per heavy atom. The standard InChI is InChI=1S/C14H24N2O2/c1-11(2)12-3-6-15(9-12)10-14(18)16-7-4-13(17)5-8-16/h11-12H,3-10H2,1-2H3. The quantitative estimate of drug-likeness (QED) is 0.756. The largest absolute Gasteiger partial charge is 0.341 e. The number of likely N-dealkylation sites (tertiary alicyclic amines) is 2. The van der Waals surface area contributed by atoms with Gasteiger partial charge < -0.3 is 4.90 Å². The lowest BCUT2D eigenvalue weighted by Gasteiger charge is -2.28. The van der Waals surface area contributed by atoms with E-state index < -0.39 is 0 Å². The number of nitrogens with zero attached hydrogens (tertiary/aromatic N) is 2. The Morgan fingerprint density at radius 3 is 2.50 bits per heavy atom. The molecule has 0 spiro atoms. The van der Waals surface area contributed by atoms with Crippen LogP contribution in [0.15, 0.2) is 0 Å². The molecule has 2 rings (SSSR count). The maximum atomic E-state index is 12.1. The molecule has 2 fully saturated rings. The van der Waals surface area contributed by atoms with Gasteiger partial charge in [-0.25, -0.2) is 0 Å². The summed E-state index contributed by atoms with van der Waals surface area (Å²) < 4.78 is 0. The molecule has 1 unspecified atom stereocenters. The lowest BCUT2D eigenvalue weighted by atomic mass is 9.95. The van der Waals surface area contributed by atoms with E-state index in [0.717, 1.165) is 19.0 Å². The third-order valence-electron chi connectivity index (χ3n) is 4.28. The summed E-state index contributed by atoms with van der Waals surface area (Å²) in [6, 6.07) is 0. The van der Waals surface area contributed by atoms with Gasteiger partial charge in [-0.3, -0.25) is 14.5 Å². The van der Waals surface area contributed by atoms with Crippen molar-refractivity contribution in [3.8, 4) is 0 Å². The molecule has 0 radical (unpaired) electrons. The van der Waals surface area contributed by atoms with Crippen LogP contribution in [0.25, 0.3) is 0 Å². The molecule has 1 atom stereocenters. The maximum Gasteiger partial charge on any atom is 0.236 e. The smallest absolute Gasteiger partial charge is 0.236 e. The Kier molecular flexibility index (Phi) is 4.38. The summed E-state index contributed by atoms with van der Waals surface area (Å²) in [6.07, 6.45) is 2.30. The van der Waals surface area contributed by atoms with Crippen molar-refractivity contribution in [3.05, 3.63) is 0 Å². The first-order valence-electron chi connectivity index (χ1n) is 7.08. The van der Waals surface area contributed by atoms with E-state index in [1.807, 2.05) is 4.90 Å². The maximum absolute atomic E-state index is 12.1. The molecule has 4 nitrogen and oxygen atoms in total. The molecule has 2 saturated heterocycles. The topological polar surface area (TPSA) is 40.6 Å². The van der Waals surface area contributed by atoms with Crippen molar-refractivity contribution >= 4 is 11.7 Å². The molecule has 0 aromatic rings. The third-order valence-corrected chi connectivity index (χ3v) is 4.28. The lowest BCUT2D eigenvalue weighted by Crippen LogP contribution is -2.43. The molecule has 0 aliphatic carbocycles. The van der Waals surface area contributed by atoms with Crippen molar-refractivity contribution in [2.45, 2.75) is 33.1 Å². The summed E-state index contributed by atoms with van der Waals surface area (Å²) >= 11 is 0. The van der Waals surface area contributed by atoms with Gasteiger partial charge in [-0.15, -0.1) is 0 Å².